The highest BCUT2D eigenvalue weighted by Gasteiger charge is 2.25. The second-order valence-corrected chi connectivity index (χ2v) is 4.03. The summed E-state index contributed by atoms with van der Waals surface area (Å²) in [6, 6.07) is 10.4. The van der Waals surface area contributed by atoms with Gasteiger partial charge in [0.05, 0.1) is 0 Å². The lowest BCUT2D eigenvalue weighted by molar-refractivity contribution is 0.115. The van der Waals surface area contributed by atoms with Crippen molar-refractivity contribution in [3.05, 3.63) is 35.9 Å². The Balaban J connectivity index is 2.74. The van der Waals surface area contributed by atoms with Crippen molar-refractivity contribution >= 4 is 0 Å². The first-order chi connectivity index (χ1) is 6.76. The van der Waals surface area contributed by atoms with E-state index < -0.39 is 0 Å². The van der Waals surface area contributed by atoms with Crippen LogP contribution >= 0.6 is 0 Å². The van der Waals surface area contributed by atoms with E-state index in [2.05, 4.69) is 38.1 Å². The highest BCUT2D eigenvalue weighted by atomic mass is 16.3. The van der Waals surface area contributed by atoms with Crippen LogP contribution in [0, 0.1) is 5.41 Å². The lowest BCUT2D eigenvalue weighted by atomic mass is 9.78. The molecule has 1 N–H and O–H groups in total. The van der Waals surface area contributed by atoms with Crippen LogP contribution in [0.1, 0.15) is 32.3 Å². The molecule has 1 nitrogen and oxygen atoms in total. The molecule has 0 fully saturated rings. The molecule has 0 unspecified atom stereocenters. The fraction of sp³-hybridized carbons (Fsp3) is 0.538. The van der Waals surface area contributed by atoms with Gasteiger partial charge in [-0.15, -0.1) is 0 Å². The zero-order valence-electron chi connectivity index (χ0n) is 9.16. The van der Waals surface area contributed by atoms with Gasteiger partial charge in [-0.2, -0.15) is 0 Å². The summed E-state index contributed by atoms with van der Waals surface area (Å²) in [5.74, 6) is 0. The quantitative estimate of drug-likeness (QED) is 0.760. The van der Waals surface area contributed by atoms with E-state index in [9.17, 15) is 5.11 Å². The van der Waals surface area contributed by atoms with E-state index in [1.165, 1.54) is 5.56 Å². The Labute approximate surface area is 86.8 Å². The van der Waals surface area contributed by atoms with E-state index in [1.54, 1.807) is 0 Å². The van der Waals surface area contributed by atoms with Gasteiger partial charge in [0, 0.05) is 6.61 Å². The van der Waals surface area contributed by atoms with Crippen molar-refractivity contribution in [1.29, 1.82) is 0 Å². The predicted molar refractivity (Wildman–Crippen MR) is 60.2 cm³/mol. The summed E-state index contributed by atoms with van der Waals surface area (Å²) in [6.45, 7) is 4.60. The number of aliphatic hydroxyl groups is 1. The molecule has 0 saturated heterocycles. The molecule has 0 bridgehead atoms. The fourth-order valence-corrected chi connectivity index (χ4v) is 1.81. The van der Waals surface area contributed by atoms with Crippen LogP contribution in [-0.4, -0.2) is 11.7 Å². The summed E-state index contributed by atoms with van der Waals surface area (Å²) in [6.07, 6.45) is 3.06. The van der Waals surface area contributed by atoms with Gasteiger partial charge in [0.15, 0.2) is 0 Å². The molecule has 78 valence electrons. The van der Waals surface area contributed by atoms with Gasteiger partial charge in [-0.05, 0) is 30.2 Å². The lowest BCUT2D eigenvalue weighted by Gasteiger charge is -2.29. The van der Waals surface area contributed by atoms with Crippen LogP contribution in [-0.2, 0) is 6.42 Å². The molecule has 1 rings (SSSR count). The average molecular weight is 192 g/mol. The Morgan fingerprint density at radius 3 is 2.07 bits per heavy atom. The SMILES string of the molecule is CCC(CC)(CO)Cc1ccccc1. The van der Waals surface area contributed by atoms with Gasteiger partial charge in [-0.3, -0.25) is 0 Å². The minimum atomic E-state index is 0.0847. The van der Waals surface area contributed by atoms with E-state index in [0.29, 0.717) is 0 Å². The van der Waals surface area contributed by atoms with Crippen molar-refractivity contribution < 1.29 is 5.11 Å². The molecular formula is C13H20O. The van der Waals surface area contributed by atoms with Crippen molar-refractivity contribution in [1.82, 2.24) is 0 Å². The summed E-state index contributed by atoms with van der Waals surface area (Å²) in [5.41, 5.74) is 1.41. The van der Waals surface area contributed by atoms with Crippen LogP contribution < -0.4 is 0 Å². The Morgan fingerprint density at radius 2 is 1.64 bits per heavy atom. The highest BCUT2D eigenvalue weighted by molar-refractivity contribution is 5.16. The van der Waals surface area contributed by atoms with Gasteiger partial charge in [-0.25, -0.2) is 0 Å². The number of hydrogen-bond donors (Lipinski definition) is 1. The molecule has 0 heterocycles. The molecule has 0 radical (unpaired) electrons. The zero-order chi connectivity index (χ0) is 10.4. The van der Waals surface area contributed by atoms with Crippen molar-refractivity contribution in [3.63, 3.8) is 0 Å². The molecule has 14 heavy (non-hydrogen) atoms. The minimum absolute atomic E-state index is 0.0847. The molecule has 1 aromatic carbocycles. The Hall–Kier alpha value is -0.820. The maximum atomic E-state index is 9.44. The Bertz CT molecular complexity index is 241. The summed E-state index contributed by atoms with van der Waals surface area (Å²) < 4.78 is 0. The molecule has 0 saturated carbocycles. The van der Waals surface area contributed by atoms with E-state index in [-0.39, 0.29) is 12.0 Å². The molecule has 1 heteroatoms. The van der Waals surface area contributed by atoms with Crippen molar-refractivity contribution in [2.24, 2.45) is 5.41 Å². The molecule has 0 amide bonds. The minimum Gasteiger partial charge on any atom is -0.396 e. The van der Waals surface area contributed by atoms with Crippen LogP contribution in [0.5, 0.6) is 0 Å². The van der Waals surface area contributed by atoms with Gasteiger partial charge < -0.3 is 5.11 Å². The van der Waals surface area contributed by atoms with Crippen molar-refractivity contribution in [2.75, 3.05) is 6.61 Å². The van der Waals surface area contributed by atoms with Gasteiger partial charge in [0.1, 0.15) is 0 Å². The van der Waals surface area contributed by atoms with Crippen molar-refractivity contribution in [3.8, 4) is 0 Å². The standard InChI is InChI=1S/C13H20O/c1-3-13(4-2,11-14)10-12-8-6-5-7-9-12/h5-9,14H,3-4,10-11H2,1-2H3. The molecular weight excluding hydrogens is 172 g/mol. The third kappa shape index (κ3) is 2.58. The zero-order valence-corrected chi connectivity index (χ0v) is 9.16. The molecule has 0 aliphatic rings. The average Bonchev–Trinajstić information content (AvgIpc) is 2.28. The monoisotopic (exact) mass is 192 g/mol. The third-order valence-electron chi connectivity index (χ3n) is 3.26. The largest absolute Gasteiger partial charge is 0.396 e. The van der Waals surface area contributed by atoms with Crippen LogP contribution in [0.3, 0.4) is 0 Å². The number of hydrogen-bond acceptors (Lipinski definition) is 1. The topological polar surface area (TPSA) is 20.2 Å². The fourth-order valence-electron chi connectivity index (χ4n) is 1.81. The highest BCUT2D eigenvalue weighted by Crippen LogP contribution is 2.30. The van der Waals surface area contributed by atoms with Gasteiger partial charge in [-0.1, -0.05) is 44.2 Å². The van der Waals surface area contributed by atoms with E-state index in [1.807, 2.05) is 6.07 Å². The lowest BCUT2D eigenvalue weighted by Crippen LogP contribution is -2.26. The first-order valence-electron chi connectivity index (χ1n) is 5.41. The second-order valence-electron chi connectivity index (χ2n) is 4.03. The normalized spacial score (nSPS) is 11.6. The Kier molecular flexibility index (Phi) is 4.15. The maximum Gasteiger partial charge on any atom is 0.0490 e. The Morgan fingerprint density at radius 1 is 1.07 bits per heavy atom. The van der Waals surface area contributed by atoms with Gasteiger partial charge in [0.2, 0.25) is 0 Å². The summed E-state index contributed by atoms with van der Waals surface area (Å²) in [4.78, 5) is 0. The van der Waals surface area contributed by atoms with Crippen LogP contribution in [0.2, 0.25) is 0 Å². The number of benzene rings is 1. The molecule has 1 aromatic rings. The maximum absolute atomic E-state index is 9.44. The van der Waals surface area contributed by atoms with Crippen LogP contribution in [0.15, 0.2) is 30.3 Å². The summed E-state index contributed by atoms with van der Waals surface area (Å²) in [7, 11) is 0. The molecule has 0 aliphatic heterocycles. The number of rotatable bonds is 5. The molecule has 0 atom stereocenters. The van der Waals surface area contributed by atoms with E-state index >= 15 is 0 Å². The van der Waals surface area contributed by atoms with E-state index in [0.717, 1.165) is 19.3 Å². The molecule has 0 aromatic heterocycles. The first kappa shape index (κ1) is 11.3. The number of aliphatic hydroxyl groups excluding tert-OH is 1. The smallest absolute Gasteiger partial charge is 0.0490 e. The first-order valence-corrected chi connectivity index (χ1v) is 5.41. The van der Waals surface area contributed by atoms with Gasteiger partial charge >= 0.3 is 0 Å². The summed E-state index contributed by atoms with van der Waals surface area (Å²) >= 11 is 0. The second kappa shape index (κ2) is 5.16. The van der Waals surface area contributed by atoms with Gasteiger partial charge in [0.25, 0.3) is 0 Å². The van der Waals surface area contributed by atoms with Crippen LogP contribution in [0.4, 0.5) is 0 Å². The van der Waals surface area contributed by atoms with Crippen molar-refractivity contribution in [2.45, 2.75) is 33.1 Å². The predicted octanol–water partition coefficient (Wildman–Crippen LogP) is 3.03. The van der Waals surface area contributed by atoms with Crippen LogP contribution in [0.25, 0.3) is 0 Å². The van der Waals surface area contributed by atoms with E-state index in [4.69, 9.17) is 0 Å². The molecule has 0 aliphatic carbocycles. The summed E-state index contributed by atoms with van der Waals surface area (Å²) in [5, 5.41) is 9.44. The third-order valence-corrected chi connectivity index (χ3v) is 3.26. The molecule has 0 spiro atoms.